The fourth-order valence-electron chi connectivity index (χ4n) is 11.2. The van der Waals surface area contributed by atoms with Gasteiger partial charge in [0, 0.05) is 22.7 Å². The molecule has 0 saturated heterocycles. The molecule has 62 heavy (non-hydrogen) atoms. The van der Waals surface area contributed by atoms with Crippen LogP contribution in [0.2, 0.25) is 0 Å². The Kier molecular flexibility index (Phi) is 11.5. The highest BCUT2D eigenvalue weighted by Crippen LogP contribution is 2.47. The van der Waals surface area contributed by atoms with Crippen molar-refractivity contribution in [3.63, 3.8) is 0 Å². The molecule has 8 aromatic rings. The topological polar surface area (TPSA) is 3.24 Å². The van der Waals surface area contributed by atoms with Gasteiger partial charge < -0.3 is 4.90 Å². The summed E-state index contributed by atoms with van der Waals surface area (Å²) in [7, 11) is 0. The third-order valence-corrected chi connectivity index (χ3v) is 14.8. The van der Waals surface area contributed by atoms with Gasteiger partial charge in [-0.2, -0.15) is 0 Å². The van der Waals surface area contributed by atoms with Crippen molar-refractivity contribution < 1.29 is 0 Å². The summed E-state index contributed by atoms with van der Waals surface area (Å²) in [5.74, 6) is 2.41. The Morgan fingerprint density at radius 2 is 0.758 bits per heavy atom. The molecule has 2 aliphatic rings. The fourth-order valence-corrected chi connectivity index (χ4v) is 11.2. The Hall–Kier alpha value is -5.66. The van der Waals surface area contributed by atoms with Crippen LogP contribution < -0.4 is 4.90 Å². The SMILES string of the molecule is CC(C)c1ccc(C(c2ccc(C3CCCCC3)cc2)c2cc3c4ccccc4c(N(c4ccc(C(C)C)cc4)c4ccc(C5CCCCC5)cc4)cc3c3ccccc23)cc1. The third-order valence-electron chi connectivity index (χ3n) is 14.8. The molecule has 312 valence electrons. The minimum atomic E-state index is 0.0861. The van der Waals surface area contributed by atoms with Gasteiger partial charge >= 0.3 is 0 Å². The second-order valence-corrected chi connectivity index (χ2v) is 19.3. The molecule has 0 aromatic heterocycles. The van der Waals surface area contributed by atoms with Gasteiger partial charge in [-0.05, 0) is 152 Å². The highest BCUT2D eigenvalue weighted by atomic mass is 15.1. The van der Waals surface area contributed by atoms with Gasteiger partial charge in [0.15, 0.2) is 0 Å². The minimum absolute atomic E-state index is 0.0861. The Bertz CT molecular complexity index is 2580. The van der Waals surface area contributed by atoms with E-state index in [1.807, 2.05) is 0 Å². The first-order chi connectivity index (χ1) is 30.4. The molecular weight excluding hydrogens is 747 g/mol. The molecule has 1 heteroatoms. The molecule has 2 aliphatic carbocycles. The van der Waals surface area contributed by atoms with Crippen molar-refractivity contribution in [1.29, 1.82) is 0 Å². The third kappa shape index (κ3) is 7.85. The maximum atomic E-state index is 2.56. The zero-order valence-corrected chi connectivity index (χ0v) is 37.4. The van der Waals surface area contributed by atoms with Crippen LogP contribution in [0.15, 0.2) is 158 Å². The second kappa shape index (κ2) is 17.6. The molecule has 0 amide bonds. The van der Waals surface area contributed by atoms with Crippen LogP contribution in [0.25, 0.3) is 32.3 Å². The summed E-state index contributed by atoms with van der Waals surface area (Å²) in [6.07, 6.45) is 13.4. The average molecular weight is 810 g/mol. The van der Waals surface area contributed by atoms with E-state index in [1.165, 1.54) is 153 Å². The van der Waals surface area contributed by atoms with Crippen LogP contribution in [0.5, 0.6) is 0 Å². The molecule has 1 atom stereocenters. The lowest BCUT2D eigenvalue weighted by Crippen LogP contribution is -2.12. The molecule has 0 N–H and O–H groups in total. The first-order valence-electron chi connectivity index (χ1n) is 24.0. The molecule has 2 saturated carbocycles. The predicted octanol–water partition coefficient (Wildman–Crippen LogP) is 18.1. The summed E-state index contributed by atoms with van der Waals surface area (Å²) in [6.45, 7) is 9.15. The normalized spacial score (nSPS) is 15.8. The predicted molar refractivity (Wildman–Crippen MR) is 267 cm³/mol. The van der Waals surface area contributed by atoms with E-state index in [9.17, 15) is 0 Å². The standard InChI is InChI=1S/C61H63N/c1-41(2)43-23-27-49(28-24-43)61(50-29-25-47(26-30-50)45-15-7-5-8-16-45)59-39-57-55-21-13-14-22-56(55)60(40-58(57)53-19-11-12-20-54(53)59)62(51-35-31-44(32-36-51)42(3)4)52-37-33-48(34-38-52)46-17-9-6-10-18-46/h11-14,19-42,45-46,61H,5-10,15-18H2,1-4H3. The summed E-state index contributed by atoms with van der Waals surface area (Å²) in [5, 5.41) is 7.78. The van der Waals surface area contributed by atoms with Crippen LogP contribution in [0.1, 0.15) is 160 Å². The van der Waals surface area contributed by atoms with E-state index >= 15 is 0 Å². The number of hydrogen-bond donors (Lipinski definition) is 0. The van der Waals surface area contributed by atoms with Crippen LogP contribution in [0.4, 0.5) is 17.1 Å². The molecule has 0 heterocycles. The fraction of sp³-hybridized carbons (Fsp3) is 0.311. The second-order valence-electron chi connectivity index (χ2n) is 19.3. The first-order valence-corrected chi connectivity index (χ1v) is 24.0. The quantitative estimate of drug-likeness (QED) is 0.0982. The van der Waals surface area contributed by atoms with Crippen molar-refractivity contribution >= 4 is 49.4 Å². The van der Waals surface area contributed by atoms with Gasteiger partial charge in [0.25, 0.3) is 0 Å². The summed E-state index contributed by atoms with van der Waals surface area (Å²) in [4.78, 5) is 2.52. The zero-order valence-electron chi connectivity index (χ0n) is 37.4. The van der Waals surface area contributed by atoms with Gasteiger partial charge in [0.2, 0.25) is 0 Å². The van der Waals surface area contributed by atoms with Crippen molar-refractivity contribution in [3.05, 3.63) is 197 Å². The smallest absolute Gasteiger partial charge is 0.0546 e. The van der Waals surface area contributed by atoms with Gasteiger partial charge in [-0.1, -0.05) is 188 Å². The van der Waals surface area contributed by atoms with E-state index in [4.69, 9.17) is 0 Å². The first kappa shape index (κ1) is 40.4. The summed E-state index contributed by atoms with van der Waals surface area (Å²) < 4.78 is 0. The number of anilines is 3. The molecule has 1 unspecified atom stereocenters. The van der Waals surface area contributed by atoms with Crippen molar-refractivity contribution in [2.45, 2.75) is 121 Å². The Balaban J connectivity index is 1.18. The zero-order chi connectivity index (χ0) is 42.2. The van der Waals surface area contributed by atoms with Gasteiger partial charge in [-0.25, -0.2) is 0 Å². The van der Waals surface area contributed by atoms with E-state index in [1.54, 1.807) is 0 Å². The Morgan fingerprint density at radius 3 is 1.27 bits per heavy atom. The highest BCUT2D eigenvalue weighted by molar-refractivity contribution is 6.22. The maximum absolute atomic E-state index is 2.56. The van der Waals surface area contributed by atoms with E-state index < -0.39 is 0 Å². The highest BCUT2D eigenvalue weighted by Gasteiger charge is 2.25. The van der Waals surface area contributed by atoms with Gasteiger partial charge in [0.1, 0.15) is 0 Å². The molecule has 1 nitrogen and oxygen atoms in total. The van der Waals surface area contributed by atoms with Gasteiger partial charge in [-0.15, -0.1) is 0 Å². The van der Waals surface area contributed by atoms with Crippen molar-refractivity contribution in [2.75, 3.05) is 4.90 Å². The van der Waals surface area contributed by atoms with Crippen molar-refractivity contribution in [2.24, 2.45) is 0 Å². The van der Waals surface area contributed by atoms with E-state index in [0.717, 1.165) is 0 Å². The number of nitrogens with zero attached hydrogens (tertiary/aromatic N) is 1. The Labute approximate surface area is 370 Å². The molecule has 0 bridgehead atoms. The molecule has 10 rings (SSSR count). The van der Waals surface area contributed by atoms with Gasteiger partial charge in [-0.3, -0.25) is 0 Å². The summed E-state index contributed by atoms with van der Waals surface area (Å²) in [5.41, 5.74) is 13.4. The van der Waals surface area contributed by atoms with Crippen LogP contribution in [0, 0.1) is 0 Å². The number of hydrogen-bond acceptors (Lipinski definition) is 1. The Morgan fingerprint density at radius 1 is 0.371 bits per heavy atom. The van der Waals surface area contributed by atoms with E-state index in [-0.39, 0.29) is 5.92 Å². The molecule has 0 spiro atoms. The molecule has 0 aliphatic heterocycles. The molecule has 8 aromatic carbocycles. The van der Waals surface area contributed by atoms with E-state index in [0.29, 0.717) is 23.7 Å². The monoisotopic (exact) mass is 809 g/mol. The number of benzene rings is 8. The van der Waals surface area contributed by atoms with Crippen LogP contribution in [0.3, 0.4) is 0 Å². The van der Waals surface area contributed by atoms with E-state index in [2.05, 4.69) is 190 Å². The molecule has 0 radical (unpaired) electrons. The number of fused-ring (bicyclic) bond motifs is 5. The maximum Gasteiger partial charge on any atom is 0.0546 e. The summed E-state index contributed by atoms with van der Waals surface area (Å²) >= 11 is 0. The summed E-state index contributed by atoms with van der Waals surface area (Å²) in [6, 6.07) is 61.7. The van der Waals surface area contributed by atoms with Crippen LogP contribution in [-0.2, 0) is 0 Å². The van der Waals surface area contributed by atoms with Crippen molar-refractivity contribution in [3.8, 4) is 0 Å². The lowest BCUT2D eigenvalue weighted by Gasteiger charge is -2.29. The van der Waals surface area contributed by atoms with Gasteiger partial charge in [0.05, 0.1) is 5.69 Å². The lowest BCUT2D eigenvalue weighted by molar-refractivity contribution is 0.443. The minimum Gasteiger partial charge on any atom is -0.310 e. The van der Waals surface area contributed by atoms with Crippen LogP contribution in [-0.4, -0.2) is 0 Å². The lowest BCUT2D eigenvalue weighted by atomic mass is 9.79. The van der Waals surface area contributed by atoms with Crippen LogP contribution >= 0.6 is 0 Å². The molecule has 2 fully saturated rings. The average Bonchev–Trinajstić information content (AvgIpc) is 3.33. The van der Waals surface area contributed by atoms with Crippen molar-refractivity contribution in [1.82, 2.24) is 0 Å². The number of rotatable bonds is 10. The molecular formula is C61H63N. The largest absolute Gasteiger partial charge is 0.310 e.